The highest BCUT2D eigenvalue weighted by Crippen LogP contribution is 2.26. The van der Waals surface area contributed by atoms with Gasteiger partial charge in [0.2, 0.25) is 5.91 Å². The molecule has 1 saturated heterocycles. The first-order valence-corrected chi connectivity index (χ1v) is 8.98. The Morgan fingerprint density at radius 3 is 2.54 bits per heavy atom. The molecule has 1 unspecified atom stereocenters. The van der Waals surface area contributed by atoms with E-state index in [4.69, 9.17) is 0 Å². The number of rotatable bonds is 5. The molecule has 1 aliphatic heterocycles. The first kappa shape index (κ1) is 18.1. The summed E-state index contributed by atoms with van der Waals surface area (Å²) < 4.78 is 13.1. The molecule has 26 heavy (non-hydrogen) atoms. The molecule has 6 nitrogen and oxygen atoms in total. The van der Waals surface area contributed by atoms with E-state index in [9.17, 15) is 18.8 Å². The van der Waals surface area contributed by atoms with Gasteiger partial charge >= 0.3 is 6.03 Å². The smallest absolute Gasteiger partial charge is 0.332 e. The van der Waals surface area contributed by atoms with Gasteiger partial charge in [0.05, 0.1) is 0 Å². The second kappa shape index (κ2) is 7.25. The normalized spacial score (nSPS) is 17.1. The number of amides is 4. The topological polar surface area (TPSA) is 60.9 Å². The lowest BCUT2D eigenvalue weighted by Gasteiger charge is -2.21. The van der Waals surface area contributed by atoms with Crippen molar-refractivity contribution in [3.8, 4) is 0 Å². The van der Waals surface area contributed by atoms with E-state index in [1.54, 1.807) is 14.0 Å². The monoisotopic (exact) mass is 375 g/mol. The molecule has 8 heteroatoms. The Morgan fingerprint density at radius 2 is 1.92 bits per heavy atom. The van der Waals surface area contributed by atoms with Crippen LogP contribution in [0.5, 0.6) is 0 Å². The SMILES string of the molecule is CC1C(=O)N(CC(=O)N(C)Cc2ccsc2)C(=O)N1c1ccc(F)cc1. The van der Waals surface area contributed by atoms with Crippen LogP contribution in [-0.4, -0.2) is 47.3 Å². The molecule has 0 bridgehead atoms. The molecule has 0 saturated carbocycles. The van der Waals surface area contributed by atoms with Crippen molar-refractivity contribution in [3.05, 3.63) is 52.5 Å². The molecule has 2 aromatic rings. The minimum atomic E-state index is -0.747. The van der Waals surface area contributed by atoms with E-state index in [-0.39, 0.29) is 12.5 Å². The van der Waals surface area contributed by atoms with E-state index in [2.05, 4.69) is 0 Å². The van der Waals surface area contributed by atoms with Crippen molar-refractivity contribution in [2.75, 3.05) is 18.5 Å². The Bertz CT molecular complexity index is 823. The van der Waals surface area contributed by atoms with Gasteiger partial charge in [-0.15, -0.1) is 0 Å². The number of nitrogens with zero attached hydrogens (tertiary/aromatic N) is 3. The summed E-state index contributed by atoms with van der Waals surface area (Å²) in [5.74, 6) is -1.20. The van der Waals surface area contributed by atoms with Gasteiger partial charge < -0.3 is 4.90 Å². The molecule has 1 atom stereocenters. The van der Waals surface area contributed by atoms with Crippen LogP contribution in [0.25, 0.3) is 0 Å². The summed E-state index contributed by atoms with van der Waals surface area (Å²) in [6.07, 6.45) is 0. The van der Waals surface area contributed by atoms with Gasteiger partial charge in [-0.3, -0.25) is 19.4 Å². The zero-order chi connectivity index (χ0) is 18.8. The molecule has 0 N–H and O–H groups in total. The number of anilines is 1. The molecule has 3 rings (SSSR count). The molecular formula is C18H18FN3O3S. The third-order valence-corrected chi connectivity index (χ3v) is 5.00. The highest BCUT2D eigenvalue weighted by Gasteiger charge is 2.44. The summed E-state index contributed by atoms with van der Waals surface area (Å²) in [5, 5.41) is 3.86. The second-order valence-electron chi connectivity index (χ2n) is 6.11. The van der Waals surface area contributed by atoms with Crippen LogP contribution in [0, 0.1) is 5.82 Å². The standard InChI is InChI=1S/C18H18FN3O3S/c1-12-17(24)21(10-16(23)20(2)9-13-7-8-26-11-13)18(25)22(12)15-5-3-14(19)4-6-15/h3-8,11-12H,9-10H2,1-2H3. The molecule has 2 heterocycles. The number of urea groups is 1. The number of hydrogen-bond acceptors (Lipinski definition) is 4. The summed E-state index contributed by atoms with van der Waals surface area (Å²) in [6, 6.07) is 5.91. The predicted molar refractivity (Wildman–Crippen MR) is 96.2 cm³/mol. The van der Waals surface area contributed by atoms with Gasteiger partial charge in [-0.05, 0) is 53.6 Å². The molecule has 1 fully saturated rings. The largest absolute Gasteiger partial charge is 0.340 e. The highest BCUT2D eigenvalue weighted by atomic mass is 32.1. The quantitative estimate of drug-likeness (QED) is 0.755. The third-order valence-electron chi connectivity index (χ3n) is 4.27. The summed E-state index contributed by atoms with van der Waals surface area (Å²) in [4.78, 5) is 41.2. The number of benzene rings is 1. The van der Waals surface area contributed by atoms with Crippen molar-refractivity contribution in [1.82, 2.24) is 9.80 Å². The van der Waals surface area contributed by atoms with E-state index in [1.807, 2.05) is 16.8 Å². The summed E-state index contributed by atoms with van der Waals surface area (Å²) in [5.41, 5.74) is 1.41. The van der Waals surface area contributed by atoms with Gasteiger partial charge in [0, 0.05) is 19.3 Å². The minimum absolute atomic E-state index is 0.319. The van der Waals surface area contributed by atoms with E-state index in [1.165, 1.54) is 45.4 Å². The number of imide groups is 1. The van der Waals surface area contributed by atoms with Crippen LogP contribution in [0.2, 0.25) is 0 Å². The van der Waals surface area contributed by atoms with Crippen LogP contribution in [0.15, 0.2) is 41.1 Å². The van der Waals surface area contributed by atoms with Crippen molar-refractivity contribution in [2.45, 2.75) is 19.5 Å². The second-order valence-corrected chi connectivity index (χ2v) is 6.89. The molecule has 1 aromatic heterocycles. The number of carbonyl (C=O) groups is 3. The maximum Gasteiger partial charge on any atom is 0.332 e. The van der Waals surface area contributed by atoms with Crippen LogP contribution in [0.1, 0.15) is 12.5 Å². The fourth-order valence-electron chi connectivity index (χ4n) is 2.81. The number of halogens is 1. The average molecular weight is 375 g/mol. The molecule has 0 radical (unpaired) electrons. The van der Waals surface area contributed by atoms with Crippen LogP contribution in [0.3, 0.4) is 0 Å². The lowest BCUT2D eigenvalue weighted by Crippen LogP contribution is -2.42. The van der Waals surface area contributed by atoms with Crippen LogP contribution >= 0.6 is 11.3 Å². The number of likely N-dealkylation sites (N-methyl/N-ethyl adjacent to an activating group) is 1. The Morgan fingerprint density at radius 1 is 1.23 bits per heavy atom. The third kappa shape index (κ3) is 3.45. The summed E-state index contributed by atoms with van der Waals surface area (Å²) in [7, 11) is 1.63. The van der Waals surface area contributed by atoms with E-state index >= 15 is 0 Å². The molecule has 136 valence electrons. The Kier molecular flexibility index (Phi) is 5.03. The maximum atomic E-state index is 13.1. The molecule has 4 amide bonds. The molecule has 0 aliphatic carbocycles. The van der Waals surface area contributed by atoms with Gasteiger partial charge in [-0.1, -0.05) is 0 Å². The predicted octanol–water partition coefficient (Wildman–Crippen LogP) is 2.70. The zero-order valence-corrected chi connectivity index (χ0v) is 15.2. The van der Waals surface area contributed by atoms with E-state index < -0.39 is 23.8 Å². The fraction of sp³-hybridized carbons (Fsp3) is 0.278. The van der Waals surface area contributed by atoms with Crippen LogP contribution < -0.4 is 4.90 Å². The minimum Gasteiger partial charge on any atom is -0.340 e. The number of thiophene rings is 1. The van der Waals surface area contributed by atoms with Crippen LogP contribution in [-0.2, 0) is 16.1 Å². The summed E-state index contributed by atoms with van der Waals surface area (Å²) in [6.45, 7) is 1.68. The lowest BCUT2D eigenvalue weighted by atomic mass is 10.2. The van der Waals surface area contributed by atoms with Gasteiger partial charge in [-0.2, -0.15) is 11.3 Å². The number of carbonyl (C=O) groups excluding carboxylic acids is 3. The Labute approximate surface area is 154 Å². The number of hydrogen-bond donors (Lipinski definition) is 0. The molecule has 0 spiro atoms. The molecular weight excluding hydrogens is 357 g/mol. The highest BCUT2D eigenvalue weighted by molar-refractivity contribution is 7.07. The molecule has 1 aromatic carbocycles. The Hall–Kier alpha value is -2.74. The van der Waals surface area contributed by atoms with E-state index in [0.717, 1.165) is 10.5 Å². The molecule has 1 aliphatic rings. The van der Waals surface area contributed by atoms with Crippen molar-refractivity contribution in [1.29, 1.82) is 0 Å². The van der Waals surface area contributed by atoms with Crippen LogP contribution in [0.4, 0.5) is 14.9 Å². The van der Waals surface area contributed by atoms with Crippen molar-refractivity contribution in [2.24, 2.45) is 0 Å². The van der Waals surface area contributed by atoms with Gasteiger partial charge in [0.1, 0.15) is 18.4 Å². The Balaban J connectivity index is 1.71. The fourth-order valence-corrected chi connectivity index (χ4v) is 3.47. The summed E-state index contributed by atoms with van der Waals surface area (Å²) >= 11 is 1.54. The van der Waals surface area contributed by atoms with Gasteiger partial charge in [0.15, 0.2) is 0 Å². The van der Waals surface area contributed by atoms with Gasteiger partial charge in [-0.25, -0.2) is 9.18 Å². The maximum absolute atomic E-state index is 13.1. The first-order chi connectivity index (χ1) is 12.4. The van der Waals surface area contributed by atoms with Gasteiger partial charge in [0.25, 0.3) is 5.91 Å². The average Bonchev–Trinajstić information content (AvgIpc) is 3.19. The zero-order valence-electron chi connectivity index (χ0n) is 14.4. The van der Waals surface area contributed by atoms with Crippen molar-refractivity contribution in [3.63, 3.8) is 0 Å². The lowest BCUT2D eigenvalue weighted by molar-refractivity contribution is -0.136. The van der Waals surface area contributed by atoms with E-state index in [0.29, 0.717) is 12.2 Å². The van der Waals surface area contributed by atoms with Crippen molar-refractivity contribution < 1.29 is 18.8 Å². The first-order valence-electron chi connectivity index (χ1n) is 8.03. The van der Waals surface area contributed by atoms with Crippen molar-refractivity contribution >= 4 is 34.9 Å².